The number of nitrogens with zero attached hydrogens (tertiary/aromatic N) is 4. The maximum absolute atomic E-state index is 13.8. The zero-order valence-corrected chi connectivity index (χ0v) is 19.2. The van der Waals surface area contributed by atoms with Crippen molar-refractivity contribution in [2.75, 3.05) is 37.7 Å². The fraction of sp³-hybridized carbons (Fsp3) is 0.522. The number of hydrogen-bond acceptors (Lipinski definition) is 7. The smallest absolute Gasteiger partial charge is 0.409 e. The second-order valence-corrected chi connectivity index (χ2v) is 9.38. The molecule has 0 radical (unpaired) electrons. The number of carbonyl (C=O) groups is 1. The molecule has 1 saturated heterocycles. The summed E-state index contributed by atoms with van der Waals surface area (Å²) in [5.74, 6) is 1.37. The largest absolute Gasteiger partial charge is 0.467 e. The molecule has 9 heteroatoms. The van der Waals surface area contributed by atoms with Crippen molar-refractivity contribution in [3.8, 4) is 0 Å². The van der Waals surface area contributed by atoms with Gasteiger partial charge in [-0.25, -0.2) is 9.78 Å². The molecule has 0 saturated carbocycles. The minimum atomic E-state index is -0.287. The fourth-order valence-electron chi connectivity index (χ4n) is 4.65. The Hall–Kier alpha value is -2.81. The van der Waals surface area contributed by atoms with Crippen molar-refractivity contribution in [1.82, 2.24) is 14.5 Å². The number of ether oxygens (including phenoxy) is 1. The third-order valence-electron chi connectivity index (χ3n) is 6.29. The fourth-order valence-corrected chi connectivity index (χ4v) is 5.90. The van der Waals surface area contributed by atoms with E-state index in [1.165, 1.54) is 23.3 Å². The van der Waals surface area contributed by atoms with Crippen LogP contribution in [0.4, 0.5) is 10.7 Å². The van der Waals surface area contributed by atoms with E-state index in [0.29, 0.717) is 45.3 Å². The van der Waals surface area contributed by atoms with Crippen molar-refractivity contribution >= 4 is 33.6 Å². The van der Waals surface area contributed by atoms with E-state index in [-0.39, 0.29) is 11.7 Å². The predicted octanol–water partition coefficient (Wildman–Crippen LogP) is 3.65. The van der Waals surface area contributed by atoms with Crippen LogP contribution >= 0.6 is 11.3 Å². The summed E-state index contributed by atoms with van der Waals surface area (Å²) >= 11 is 1.68. The average molecular weight is 457 g/mol. The topological polar surface area (TPSA) is 80.8 Å². The van der Waals surface area contributed by atoms with Gasteiger partial charge in [-0.05, 0) is 50.3 Å². The first kappa shape index (κ1) is 21.1. The van der Waals surface area contributed by atoms with Crippen molar-refractivity contribution in [2.45, 2.75) is 45.6 Å². The lowest BCUT2D eigenvalue weighted by molar-refractivity contribution is 0.105. The molecule has 1 fully saturated rings. The number of carbonyl (C=O) groups excluding carboxylic acids is 1. The summed E-state index contributed by atoms with van der Waals surface area (Å²) in [5, 5.41) is 0.785. The van der Waals surface area contributed by atoms with Gasteiger partial charge in [-0.2, -0.15) is 0 Å². The SMILES string of the molecule is CCOC(=O)N1CCN(c2nc3sc4c(c3c(=O)n2Cc2ccco2)CCCCC4)CC1. The van der Waals surface area contributed by atoms with E-state index < -0.39 is 0 Å². The van der Waals surface area contributed by atoms with Gasteiger partial charge in [-0.1, -0.05) is 6.42 Å². The van der Waals surface area contributed by atoms with Crippen molar-refractivity contribution in [3.63, 3.8) is 0 Å². The Morgan fingerprint density at radius 2 is 2.00 bits per heavy atom. The molecule has 4 heterocycles. The van der Waals surface area contributed by atoms with Gasteiger partial charge in [0.05, 0.1) is 24.8 Å². The lowest BCUT2D eigenvalue weighted by Crippen LogP contribution is -2.50. The van der Waals surface area contributed by atoms with Crippen molar-refractivity contribution in [2.24, 2.45) is 0 Å². The normalized spacial score (nSPS) is 16.8. The van der Waals surface area contributed by atoms with E-state index in [1.807, 2.05) is 19.1 Å². The number of aromatic nitrogens is 2. The Labute approximate surface area is 190 Å². The molecule has 0 aromatic carbocycles. The molecule has 0 N–H and O–H groups in total. The number of thiophene rings is 1. The van der Waals surface area contributed by atoms with Gasteiger partial charge in [0.2, 0.25) is 5.95 Å². The molecule has 32 heavy (non-hydrogen) atoms. The number of rotatable bonds is 4. The highest BCUT2D eigenvalue weighted by atomic mass is 32.1. The van der Waals surface area contributed by atoms with Crippen LogP contribution in [0.5, 0.6) is 0 Å². The van der Waals surface area contributed by atoms with Crippen LogP contribution in [-0.2, 0) is 24.1 Å². The van der Waals surface area contributed by atoms with Crippen LogP contribution in [0, 0.1) is 0 Å². The molecule has 0 atom stereocenters. The number of amides is 1. The van der Waals surface area contributed by atoms with Gasteiger partial charge in [0.25, 0.3) is 5.56 Å². The third kappa shape index (κ3) is 3.90. The molecule has 5 rings (SSSR count). The minimum absolute atomic E-state index is 0.00798. The Morgan fingerprint density at radius 1 is 1.19 bits per heavy atom. The van der Waals surface area contributed by atoms with Gasteiger partial charge < -0.3 is 19.0 Å². The second kappa shape index (κ2) is 8.97. The lowest BCUT2D eigenvalue weighted by atomic mass is 10.1. The summed E-state index contributed by atoms with van der Waals surface area (Å²) in [6, 6.07) is 3.72. The summed E-state index contributed by atoms with van der Waals surface area (Å²) in [6.45, 7) is 4.78. The molecular weight excluding hydrogens is 428 g/mol. The van der Waals surface area contributed by atoms with E-state index in [1.54, 1.807) is 27.1 Å². The van der Waals surface area contributed by atoms with Crippen LogP contribution in [-0.4, -0.2) is 53.3 Å². The zero-order chi connectivity index (χ0) is 22.1. The first-order valence-corrected chi connectivity index (χ1v) is 12.2. The van der Waals surface area contributed by atoms with E-state index in [0.717, 1.165) is 35.2 Å². The van der Waals surface area contributed by atoms with Crippen molar-refractivity contribution < 1.29 is 13.9 Å². The van der Waals surface area contributed by atoms with E-state index in [4.69, 9.17) is 14.1 Å². The molecule has 3 aromatic heterocycles. The quantitative estimate of drug-likeness (QED) is 0.558. The molecule has 170 valence electrons. The zero-order valence-electron chi connectivity index (χ0n) is 18.3. The van der Waals surface area contributed by atoms with Crippen LogP contribution < -0.4 is 10.5 Å². The van der Waals surface area contributed by atoms with E-state index >= 15 is 0 Å². The summed E-state index contributed by atoms with van der Waals surface area (Å²) in [5.41, 5.74) is 1.21. The molecule has 1 aliphatic carbocycles. The van der Waals surface area contributed by atoms with Gasteiger partial charge in [0.15, 0.2) is 0 Å². The number of anilines is 1. The van der Waals surface area contributed by atoms with Crippen LogP contribution in [0.3, 0.4) is 0 Å². The maximum Gasteiger partial charge on any atom is 0.409 e. The van der Waals surface area contributed by atoms with Gasteiger partial charge in [-0.15, -0.1) is 11.3 Å². The van der Waals surface area contributed by atoms with Crippen LogP contribution in [0.25, 0.3) is 10.2 Å². The van der Waals surface area contributed by atoms with Gasteiger partial charge in [-0.3, -0.25) is 9.36 Å². The first-order chi connectivity index (χ1) is 15.7. The number of aryl methyl sites for hydroxylation is 2. The highest BCUT2D eigenvalue weighted by molar-refractivity contribution is 7.18. The first-order valence-electron chi connectivity index (χ1n) is 11.4. The third-order valence-corrected chi connectivity index (χ3v) is 7.47. The Kier molecular flexibility index (Phi) is 5.91. The van der Waals surface area contributed by atoms with Crippen LogP contribution in [0.1, 0.15) is 42.4 Å². The highest BCUT2D eigenvalue weighted by Gasteiger charge is 2.27. The molecule has 1 amide bonds. The number of hydrogen-bond donors (Lipinski definition) is 0. The van der Waals surface area contributed by atoms with Crippen LogP contribution in [0.15, 0.2) is 27.6 Å². The summed E-state index contributed by atoms with van der Waals surface area (Å²) in [4.78, 5) is 36.9. The summed E-state index contributed by atoms with van der Waals surface area (Å²) in [6.07, 6.45) is 6.81. The minimum Gasteiger partial charge on any atom is -0.467 e. The van der Waals surface area contributed by atoms with Crippen molar-refractivity contribution in [3.05, 3.63) is 45.0 Å². The van der Waals surface area contributed by atoms with Crippen LogP contribution in [0.2, 0.25) is 0 Å². The monoisotopic (exact) mass is 456 g/mol. The Morgan fingerprint density at radius 3 is 2.75 bits per heavy atom. The van der Waals surface area contributed by atoms with E-state index in [2.05, 4.69) is 4.90 Å². The van der Waals surface area contributed by atoms with Crippen molar-refractivity contribution in [1.29, 1.82) is 0 Å². The standard InChI is InChI=1S/C23H28N4O4S/c1-2-30-23(29)26-12-10-25(11-13-26)22-24-20-19(17-8-4-3-5-9-18(17)32-20)21(28)27(22)15-16-7-6-14-31-16/h6-7,14H,2-5,8-13,15H2,1H3. The van der Waals surface area contributed by atoms with Gasteiger partial charge in [0, 0.05) is 31.1 Å². The summed E-state index contributed by atoms with van der Waals surface area (Å²) < 4.78 is 12.4. The van der Waals surface area contributed by atoms with E-state index in [9.17, 15) is 9.59 Å². The number of piperazine rings is 1. The summed E-state index contributed by atoms with van der Waals surface area (Å²) in [7, 11) is 0. The molecule has 2 aliphatic rings. The molecular formula is C23H28N4O4S. The average Bonchev–Trinajstić information content (AvgIpc) is 3.38. The molecule has 0 bridgehead atoms. The molecule has 3 aromatic rings. The Balaban J connectivity index is 1.54. The maximum atomic E-state index is 13.8. The lowest BCUT2D eigenvalue weighted by Gasteiger charge is -2.35. The van der Waals surface area contributed by atoms with Gasteiger partial charge >= 0.3 is 6.09 Å². The highest BCUT2D eigenvalue weighted by Crippen LogP contribution is 2.34. The predicted molar refractivity (Wildman–Crippen MR) is 124 cm³/mol. The number of fused-ring (bicyclic) bond motifs is 3. The number of furan rings is 1. The molecule has 8 nitrogen and oxygen atoms in total. The molecule has 1 aliphatic heterocycles. The van der Waals surface area contributed by atoms with Gasteiger partial charge in [0.1, 0.15) is 10.6 Å². The Bertz CT molecular complexity index is 1160. The molecule has 0 unspecified atom stereocenters. The second-order valence-electron chi connectivity index (χ2n) is 8.30. The molecule has 0 spiro atoms.